The number of rotatable bonds is 13. The van der Waals surface area contributed by atoms with Crippen molar-refractivity contribution < 1.29 is 66.4 Å². The van der Waals surface area contributed by atoms with Gasteiger partial charge < -0.3 is 23.7 Å². The summed E-state index contributed by atoms with van der Waals surface area (Å²) in [6, 6.07) is 25.5. The normalized spacial score (nSPS) is 9.93. The Balaban J connectivity index is 0.000000226. The Bertz CT molecular complexity index is 2890. The number of hydrogen-bond acceptors (Lipinski definition) is 16. The van der Waals surface area contributed by atoms with Gasteiger partial charge in [-0.25, -0.2) is 28.6 Å². The first-order valence-corrected chi connectivity index (χ1v) is 19.4. The molecule has 5 aromatic carbocycles. The molecule has 3 amide bonds. The Morgan fingerprint density at radius 1 is 0.667 bits per heavy atom. The van der Waals surface area contributed by atoms with Crippen molar-refractivity contribution in [1.29, 1.82) is 0 Å². The van der Waals surface area contributed by atoms with Gasteiger partial charge in [-0.3, -0.25) is 46.3 Å². The molecular formula is C44H34ClF2N7O15. The van der Waals surface area contributed by atoms with Gasteiger partial charge in [-0.1, -0.05) is 41.9 Å². The highest BCUT2D eigenvalue weighted by Crippen LogP contribution is 2.29. The molecule has 1 aromatic heterocycles. The molecule has 356 valence electrons. The number of amides is 3. The van der Waals surface area contributed by atoms with E-state index in [1.165, 1.54) is 31.4 Å². The van der Waals surface area contributed by atoms with E-state index >= 15 is 0 Å². The van der Waals surface area contributed by atoms with E-state index < -0.39 is 67.7 Å². The number of carbonyl (C=O) groups is 4. The van der Waals surface area contributed by atoms with Crippen LogP contribution in [0.3, 0.4) is 0 Å². The molecule has 25 heteroatoms. The second-order valence-electron chi connectivity index (χ2n) is 13.0. The third-order valence-corrected chi connectivity index (χ3v) is 8.53. The molecule has 69 heavy (non-hydrogen) atoms. The first kappa shape index (κ1) is 52.0. The number of anilines is 3. The smallest absolute Gasteiger partial charge is 0.418 e. The fourth-order valence-corrected chi connectivity index (χ4v) is 5.39. The van der Waals surface area contributed by atoms with Crippen LogP contribution in [0.5, 0.6) is 23.1 Å². The molecule has 1 heterocycles. The maximum atomic E-state index is 13.6. The summed E-state index contributed by atoms with van der Waals surface area (Å²) >= 11 is 5.86. The van der Waals surface area contributed by atoms with E-state index in [-0.39, 0.29) is 28.6 Å². The molecule has 0 unspecified atom stereocenters. The van der Waals surface area contributed by atoms with Gasteiger partial charge in [0, 0.05) is 41.0 Å². The number of hydrogen-bond donors (Lipinski definition) is 3. The van der Waals surface area contributed by atoms with Crippen LogP contribution >= 0.6 is 11.6 Å². The lowest BCUT2D eigenvalue weighted by Gasteiger charge is -2.11. The molecule has 22 nitrogen and oxygen atoms in total. The second kappa shape index (κ2) is 25.2. The number of aromatic nitrogens is 1. The van der Waals surface area contributed by atoms with Crippen LogP contribution in [-0.4, -0.2) is 58.2 Å². The summed E-state index contributed by atoms with van der Waals surface area (Å²) in [7, 11) is 2.69. The number of non-ortho nitro benzene ring substituents is 1. The van der Waals surface area contributed by atoms with Crippen molar-refractivity contribution in [2.24, 2.45) is 0 Å². The minimum atomic E-state index is -1.12. The molecule has 3 N–H and O–H groups in total. The minimum absolute atomic E-state index is 0.00494. The van der Waals surface area contributed by atoms with Gasteiger partial charge in [-0.15, -0.1) is 6.58 Å². The van der Waals surface area contributed by atoms with E-state index in [9.17, 15) is 58.3 Å². The zero-order valence-corrected chi connectivity index (χ0v) is 36.3. The molecule has 0 aliphatic carbocycles. The molecular weight excluding hydrogens is 940 g/mol. The van der Waals surface area contributed by atoms with Gasteiger partial charge in [0.2, 0.25) is 11.7 Å². The lowest BCUT2D eigenvalue weighted by Crippen LogP contribution is -2.19. The number of para-hydroxylation sites is 1. The highest BCUT2D eigenvalue weighted by Gasteiger charge is 2.19. The number of nitrogens with one attached hydrogen (secondary N) is 3. The SMILES string of the molecule is C=CCc1ccc(OC(=O)Nc2cccc(Cl)c2)c(OC)c1.COC(=O)c1ccccc1OC(=O)Nc1cc([N+](=O)[O-])ccc1F.O=C(Nc1ccc(F)c([N+](=O)[O-])c1)Oc1ccc([N+](=O)[O-])cn1. The molecule has 0 aliphatic heterocycles. The molecule has 0 fully saturated rings. The summed E-state index contributed by atoms with van der Waals surface area (Å²) < 4.78 is 51.5. The number of methoxy groups -OCH3 is 2. The standard InChI is InChI=1S/C17H16ClNO3.C15H11FN2O6.C12H7FN4O6/c1-3-5-12-8-9-15(16(10-12)21-2)22-17(20)19-14-7-4-6-13(18)11-14;1-23-14(19)10-4-2-3-5-13(10)24-15(20)17-12-8-9(18(21)22)6-7-11(12)16;13-9-3-1-7(5-10(9)17(21)22)15-12(18)23-11-4-2-8(6-14-11)16(19)20/h3-4,6-11H,1,5H2,2H3,(H,19,20);2-8H,1H3,(H,17,20);1-6H,(H,15,18). The van der Waals surface area contributed by atoms with Crippen molar-refractivity contribution in [3.8, 4) is 23.1 Å². The predicted molar refractivity (Wildman–Crippen MR) is 242 cm³/mol. The second-order valence-corrected chi connectivity index (χ2v) is 13.4. The molecule has 6 rings (SSSR count). The maximum absolute atomic E-state index is 13.6. The van der Waals surface area contributed by atoms with E-state index in [0.29, 0.717) is 28.6 Å². The number of carbonyl (C=O) groups excluding carboxylic acids is 4. The summed E-state index contributed by atoms with van der Waals surface area (Å²) in [6.07, 6.45) is 0.618. The lowest BCUT2D eigenvalue weighted by atomic mass is 10.1. The molecule has 0 saturated heterocycles. The summed E-state index contributed by atoms with van der Waals surface area (Å²) in [4.78, 5) is 79.9. The Morgan fingerprint density at radius 2 is 1.30 bits per heavy atom. The van der Waals surface area contributed by atoms with Crippen molar-refractivity contribution in [2.75, 3.05) is 30.2 Å². The summed E-state index contributed by atoms with van der Waals surface area (Å²) in [6.45, 7) is 3.69. The number of esters is 1. The number of ether oxygens (including phenoxy) is 5. The van der Waals surface area contributed by atoms with Crippen LogP contribution in [-0.2, 0) is 11.2 Å². The number of halogens is 3. The highest BCUT2D eigenvalue weighted by atomic mass is 35.5. The van der Waals surface area contributed by atoms with Crippen LogP contribution in [0.1, 0.15) is 15.9 Å². The Hall–Kier alpha value is -9.58. The molecule has 0 bridgehead atoms. The number of nitrogens with zero attached hydrogens (tertiary/aromatic N) is 4. The first-order valence-electron chi connectivity index (χ1n) is 19.1. The number of nitro groups is 3. The largest absolute Gasteiger partial charge is 0.493 e. The Morgan fingerprint density at radius 3 is 1.93 bits per heavy atom. The highest BCUT2D eigenvalue weighted by molar-refractivity contribution is 6.30. The van der Waals surface area contributed by atoms with E-state index in [2.05, 4.69) is 26.9 Å². The van der Waals surface area contributed by atoms with Gasteiger partial charge in [-0.05, 0) is 72.6 Å². The zero-order valence-electron chi connectivity index (χ0n) is 35.6. The van der Waals surface area contributed by atoms with Gasteiger partial charge in [0.25, 0.3) is 11.4 Å². The number of pyridine rings is 1. The number of nitro benzene ring substituents is 2. The van der Waals surface area contributed by atoms with Crippen LogP contribution < -0.4 is 34.9 Å². The van der Waals surface area contributed by atoms with Crippen molar-refractivity contribution in [2.45, 2.75) is 6.42 Å². The average molecular weight is 974 g/mol. The van der Waals surface area contributed by atoms with Crippen molar-refractivity contribution in [1.82, 2.24) is 4.98 Å². The van der Waals surface area contributed by atoms with Crippen molar-refractivity contribution in [3.05, 3.63) is 192 Å². The van der Waals surface area contributed by atoms with Crippen molar-refractivity contribution in [3.63, 3.8) is 0 Å². The van der Waals surface area contributed by atoms with Gasteiger partial charge in [0.1, 0.15) is 23.3 Å². The number of benzene rings is 5. The summed E-state index contributed by atoms with van der Waals surface area (Å²) in [5.41, 5.74) is -0.413. The topological polar surface area (TPSA) is 293 Å². The maximum Gasteiger partial charge on any atom is 0.418 e. The van der Waals surface area contributed by atoms with Gasteiger partial charge in [-0.2, -0.15) is 4.39 Å². The molecule has 6 aromatic rings. The molecule has 0 spiro atoms. The molecule has 0 atom stereocenters. The average Bonchev–Trinajstić information content (AvgIpc) is 3.31. The summed E-state index contributed by atoms with van der Waals surface area (Å²) in [5.74, 6) is -2.14. The lowest BCUT2D eigenvalue weighted by molar-refractivity contribution is -0.387. The van der Waals surface area contributed by atoms with Gasteiger partial charge in [0.05, 0.1) is 40.4 Å². The fraction of sp³-hybridized carbons (Fsp3) is 0.0682. The van der Waals surface area contributed by atoms with Crippen LogP contribution in [0.15, 0.2) is 134 Å². The zero-order chi connectivity index (χ0) is 50.6. The third-order valence-electron chi connectivity index (χ3n) is 8.29. The van der Waals surface area contributed by atoms with Crippen LogP contribution in [0.4, 0.5) is 57.3 Å². The van der Waals surface area contributed by atoms with Crippen molar-refractivity contribution >= 4 is 70.0 Å². The number of allylic oxidation sites excluding steroid dienone is 1. The molecule has 0 radical (unpaired) electrons. The van der Waals surface area contributed by atoms with Gasteiger partial charge >= 0.3 is 29.9 Å². The van der Waals surface area contributed by atoms with Crippen LogP contribution in [0.25, 0.3) is 0 Å². The van der Waals surface area contributed by atoms with Crippen LogP contribution in [0, 0.1) is 42.0 Å². The summed E-state index contributed by atoms with van der Waals surface area (Å²) in [5, 5.41) is 39.1. The van der Waals surface area contributed by atoms with E-state index in [1.54, 1.807) is 36.4 Å². The quantitative estimate of drug-likeness (QED) is 0.0419. The first-order chi connectivity index (χ1) is 32.9. The van der Waals surface area contributed by atoms with Gasteiger partial charge in [0.15, 0.2) is 11.5 Å². The minimum Gasteiger partial charge on any atom is -0.493 e. The Kier molecular flexibility index (Phi) is 19.0. The van der Waals surface area contributed by atoms with Crippen LogP contribution in [0.2, 0.25) is 5.02 Å². The van der Waals surface area contributed by atoms with E-state index in [0.717, 1.165) is 67.4 Å². The monoisotopic (exact) mass is 973 g/mol. The molecule has 0 saturated carbocycles. The van der Waals surface area contributed by atoms with E-state index in [1.807, 2.05) is 17.4 Å². The third kappa shape index (κ3) is 16.1. The predicted octanol–water partition coefficient (Wildman–Crippen LogP) is 10.5. The Labute approximate surface area is 392 Å². The molecule has 0 aliphatic rings. The fourth-order valence-electron chi connectivity index (χ4n) is 5.20. The van der Waals surface area contributed by atoms with E-state index in [4.69, 9.17) is 30.5 Å².